The number of fused-ring (bicyclic) bond motifs is 1. The van der Waals surface area contributed by atoms with Crippen molar-refractivity contribution in [1.29, 1.82) is 0 Å². The molecule has 1 fully saturated rings. The Morgan fingerprint density at radius 1 is 0.886 bits per heavy atom. The first-order valence-electron chi connectivity index (χ1n) is 11.6. The Kier molecular flexibility index (Phi) is 6.91. The van der Waals surface area contributed by atoms with Gasteiger partial charge in [-0.1, -0.05) is 66.7 Å². The number of hydrogen-bond donors (Lipinski definition) is 2. The van der Waals surface area contributed by atoms with Crippen molar-refractivity contribution in [2.45, 2.75) is 6.92 Å². The predicted molar refractivity (Wildman–Crippen MR) is 142 cm³/mol. The molecule has 1 aromatic heterocycles. The van der Waals surface area contributed by atoms with Gasteiger partial charge in [-0.05, 0) is 41.0 Å². The summed E-state index contributed by atoms with van der Waals surface area (Å²) in [5.41, 5.74) is 5.99. The Morgan fingerprint density at radius 2 is 1.63 bits per heavy atom. The molecule has 8 heteroatoms. The van der Waals surface area contributed by atoms with Crippen molar-refractivity contribution in [2.75, 3.05) is 41.9 Å². The Hall–Kier alpha value is -4.30. The topological polar surface area (TPSA) is 87.6 Å². The van der Waals surface area contributed by atoms with Crippen LogP contribution in [0.5, 0.6) is 0 Å². The van der Waals surface area contributed by atoms with E-state index in [0.717, 1.165) is 35.3 Å². The molecule has 0 amide bonds. The molecule has 1 aliphatic rings. The molecule has 0 atom stereocenters. The number of rotatable bonds is 7. The van der Waals surface area contributed by atoms with Crippen molar-refractivity contribution >= 4 is 46.6 Å². The van der Waals surface area contributed by atoms with E-state index in [9.17, 15) is 0 Å². The van der Waals surface area contributed by atoms with Crippen molar-refractivity contribution in [1.82, 2.24) is 15.0 Å². The van der Waals surface area contributed by atoms with Crippen LogP contribution in [-0.4, -0.2) is 47.5 Å². The van der Waals surface area contributed by atoms with Crippen molar-refractivity contribution < 1.29 is 4.74 Å². The second-order valence-electron chi connectivity index (χ2n) is 8.24. The lowest BCUT2D eigenvalue weighted by Gasteiger charge is -2.27. The summed E-state index contributed by atoms with van der Waals surface area (Å²) in [4.78, 5) is 15.9. The van der Waals surface area contributed by atoms with E-state index in [-0.39, 0.29) is 0 Å². The lowest BCUT2D eigenvalue weighted by molar-refractivity contribution is 0.122. The average Bonchev–Trinajstić information content (AvgIpc) is 2.89. The molecule has 2 heterocycles. The maximum Gasteiger partial charge on any atom is 0.250 e. The quantitative estimate of drug-likeness (QED) is 0.290. The lowest BCUT2D eigenvalue weighted by atomic mass is 10.1. The van der Waals surface area contributed by atoms with Crippen LogP contribution in [0.2, 0.25) is 0 Å². The highest BCUT2D eigenvalue weighted by molar-refractivity contribution is 5.86. The first-order valence-corrected chi connectivity index (χ1v) is 11.6. The number of ether oxygens (including phenoxy) is 1. The van der Waals surface area contributed by atoms with Crippen LogP contribution in [0.25, 0.3) is 16.8 Å². The zero-order chi connectivity index (χ0) is 23.9. The Labute approximate surface area is 204 Å². The highest BCUT2D eigenvalue weighted by atomic mass is 16.5. The average molecular weight is 466 g/mol. The molecular formula is C27H27N7O. The second kappa shape index (κ2) is 10.8. The largest absolute Gasteiger partial charge is 0.378 e. The maximum absolute atomic E-state index is 5.48. The molecule has 0 spiro atoms. The minimum atomic E-state index is 0.369. The molecule has 176 valence electrons. The number of morpholine rings is 1. The number of nitrogens with zero attached hydrogens (tertiary/aromatic N) is 5. The molecule has 8 nitrogen and oxygen atoms in total. The predicted octanol–water partition coefficient (Wildman–Crippen LogP) is 5.11. The van der Waals surface area contributed by atoms with Gasteiger partial charge in [0.15, 0.2) is 0 Å². The fourth-order valence-electron chi connectivity index (χ4n) is 3.81. The van der Waals surface area contributed by atoms with Crippen LogP contribution >= 0.6 is 0 Å². The van der Waals surface area contributed by atoms with E-state index in [1.807, 2.05) is 43.3 Å². The smallest absolute Gasteiger partial charge is 0.250 e. The standard InChI is InChI=1S/C27H27N7O/c1-20(17-21-7-3-2-4-8-21)19-28-33-26-30-25(31-27(32-26)34-13-15-35-16-14-34)29-24-12-11-22-9-5-6-10-23(22)18-24/h2-12,17-19H,13-16H2,1H3,(H2,29,30,31,32,33). The molecule has 5 rings (SSSR count). The molecule has 3 aromatic carbocycles. The third-order valence-electron chi connectivity index (χ3n) is 5.55. The van der Waals surface area contributed by atoms with E-state index >= 15 is 0 Å². The molecule has 35 heavy (non-hydrogen) atoms. The van der Waals surface area contributed by atoms with Gasteiger partial charge in [0, 0.05) is 18.8 Å². The number of anilines is 4. The number of hydrazone groups is 1. The van der Waals surface area contributed by atoms with Gasteiger partial charge in [0.2, 0.25) is 17.8 Å². The summed E-state index contributed by atoms with van der Waals surface area (Å²) < 4.78 is 5.48. The van der Waals surface area contributed by atoms with Gasteiger partial charge in [-0.15, -0.1) is 0 Å². The van der Waals surface area contributed by atoms with Crippen LogP contribution in [-0.2, 0) is 4.74 Å². The van der Waals surface area contributed by atoms with Crippen molar-refractivity contribution in [3.8, 4) is 0 Å². The highest BCUT2D eigenvalue weighted by Gasteiger charge is 2.16. The SMILES string of the molecule is CC(C=NNc1nc(Nc2ccc3ccccc3c2)nc(N2CCOCC2)n1)=Cc1ccccc1. The Balaban J connectivity index is 1.38. The molecule has 0 unspecified atom stereocenters. The summed E-state index contributed by atoms with van der Waals surface area (Å²) in [5.74, 6) is 1.40. The molecule has 0 bridgehead atoms. The lowest BCUT2D eigenvalue weighted by Crippen LogP contribution is -2.37. The number of benzene rings is 3. The molecule has 0 saturated carbocycles. The minimum absolute atomic E-state index is 0.369. The Bertz CT molecular complexity index is 1350. The molecule has 2 N–H and O–H groups in total. The van der Waals surface area contributed by atoms with Gasteiger partial charge >= 0.3 is 0 Å². The van der Waals surface area contributed by atoms with Gasteiger partial charge in [0.05, 0.1) is 19.4 Å². The Morgan fingerprint density at radius 3 is 2.46 bits per heavy atom. The van der Waals surface area contributed by atoms with Crippen LogP contribution in [0.3, 0.4) is 0 Å². The first kappa shape index (κ1) is 22.5. The van der Waals surface area contributed by atoms with Crippen LogP contribution in [0, 0.1) is 0 Å². The van der Waals surface area contributed by atoms with E-state index in [1.165, 1.54) is 5.39 Å². The van der Waals surface area contributed by atoms with Gasteiger partial charge in [-0.2, -0.15) is 20.1 Å². The van der Waals surface area contributed by atoms with E-state index in [0.29, 0.717) is 31.1 Å². The summed E-state index contributed by atoms with van der Waals surface area (Å²) in [5, 5.41) is 9.99. The number of hydrogen-bond acceptors (Lipinski definition) is 8. The summed E-state index contributed by atoms with van der Waals surface area (Å²) in [6.45, 7) is 4.73. The van der Waals surface area contributed by atoms with Gasteiger partial charge in [0.1, 0.15) is 0 Å². The molecule has 0 radical (unpaired) electrons. The fourth-order valence-corrected chi connectivity index (χ4v) is 3.81. The van der Waals surface area contributed by atoms with Crippen LogP contribution in [0.4, 0.5) is 23.5 Å². The third kappa shape index (κ3) is 5.99. The number of aromatic nitrogens is 3. The van der Waals surface area contributed by atoms with E-state index in [2.05, 4.69) is 78.2 Å². The van der Waals surface area contributed by atoms with Crippen LogP contribution in [0.1, 0.15) is 12.5 Å². The number of nitrogens with one attached hydrogen (secondary N) is 2. The molecule has 4 aromatic rings. The summed E-state index contributed by atoms with van der Waals surface area (Å²) in [6.07, 6.45) is 3.81. The summed E-state index contributed by atoms with van der Waals surface area (Å²) in [6, 6.07) is 24.5. The summed E-state index contributed by atoms with van der Waals surface area (Å²) >= 11 is 0. The normalized spacial score (nSPS) is 14.4. The molecular weight excluding hydrogens is 438 g/mol. The van der Waals surface area contributed by atoms with Gasteiger partial charge < -0.3 is 15.0 Å². The van der Waals surface area contributed by atoms with Crippen molar-refractivity contribution in [3.05, 3.63) is 83.9 Å². The van der Waals surface area contributed by atoms with E-state index in [1.54, 1.807) is 6.21 Å². The second-order valence-corrected chi connectivity index (χ2v) is 8.24. The van der Waals surface area contributed by atoms with Crippen LogP contribution < -0.4 is 15.6 Å². The monoisotopic (exact) mass is 465 g/mol. The molecule has 1 saturated heterocycles. The number of allylic oxidation sites excluding steroid dienone is 1. The van der Waals surface area contributed by atoms with Crippen molar-refractivity contribution in [2.24, 2.45) is 5.10 Å². The zero-order valence-electron chi connectivity index (χ0n) is 19.6. The first-order chi connectivity index (χ1) is 17.2. The van der Waals surface area contributed by atoms with Crippen LogP contribution in [0.15, 0.2) is 83.5 Å². The molecule has 0 aliphatic carbocycles. The third-order valence-corrected chi connectivity index (χ3v) is 5.55. The fraction of sp³-hybridized carbons (Fsp3) is 0.185. The van der Waals surface area contributed by atoms with Crippen molar-refractivity contribution in [3.63, 3.8) is 0 Å². The summed E-state index contributed by atoms with van der Waals surface area (Å²) in [7, 11) is 0. The highest BCUT2D eigenvalue weighted by Crippen LogP contribution is 2.23. The maximum atomic E-state index is 5.48. The van der Waals surface area contributed by atoms with Gasteiger partial charge in [-0.3, -0.25) is 0 Å². The minimum Gasteiger partial charge on any atom is -0.378 e. The zero-order valence-corrected chi connectivity index (χ0v) is 19.6. The van der Waals surface area contributed by atoms with E-state index < -0.39 is 0 Å². The molecule has 1 aliphatic heterocycles. The van der Waals surface area contributed by atoms with Gasteiger partial charge in [-0.25, -0.2) is 5.43 Å². The van der Waals surface area contributed by atoms with E-state index in [4.69, 9.17) is 4.74 Å². The van der Waals surface area contributed by atoms with Gasteiger partial charge in [0.25, 0.3) is 0 Å².